The van der Waals surface area contributed by atoms with E-state index >= 15 is 0 Å². The molecular weight excluding hydrogens is 290 g/mol. The summed E-state index contributed by atoms with van der Waals surface area (Å²) in [4.78, 5) is 11.9. The van der Waals surface area contributed by atoms with Gasteiger partial charge in [0.25, 0.3) is 5.91 Å². The summed E-state index contributed by atoms with van der Waals surface area (Å²) in [5.41, 5.74) is 2.61. The molecule has 0 radical (unpaired) electrons. The number of phenols is 1. The van der Waals surface area contributed by atoms with Crippen molar-refractivity contribution < 1.29 is 14.6 Å². The number of amides is 1. The molecule has 0 spiro atoms. The van der Waals surface area contributed by atoms with Crippen LogP contribution in [0.4, 0.5) is 5.69 Å². The fourth-order valence-corrected chi connectivity index (χ4v) is 2.21. The minimum Gasteiger partial charge on any atom is -0.506 e. The lowest BCUT2D eigenvalue weighted by Gasteiger charge is -2.11. The minimum absolute atomic E-state index is 0.0434. The zero-order valence-electron chi connectivity index (χ0n) is 13.8. The molecule has 2 aromatic rings. The van der Waals surface area contributed by atoms with Crippen molar-refractivity contribution in [3.05, 3.63) is 53.6 Å². The van der Waals surface area contributed by atoms with E-state index in [9.17, 15) is 9.90 Å². The number of nitrogens with one attached hydrogen (secondary N) is 1. The van der Waals surface area contributed by atoms with Crippen molar-refractivity contribution in [2.24, 2.45) is 0 Å². The van der Waals surface area contributed by atoms with E-state index in [4.69, 9.17) is 4.74 Å². The predicted molar refractivity (Wildman–Crippen MR) is 92.1 cm³/mol. The van der Waals surface area contributed by atoms with Crippen molar-refractivity contribution in [3.8, 4) is 11.5 Å². The Morgan fingerprint density at radius 2 is 1.91 bits per heavy atom. The summed E-state index contributed by atoms with van der Waals surface area (Å²) in [5, 5.41) is 12.4. The maximum Gasteiger partial charge on any atom is 0.262 e. The van der Waals surface area contributed by atoms with Crippen LogP contribution in [0.25, 0.3) is 0 Å². The maximum atomic E-state index is 11.9. The standard InChI is InChI=1S/C19H23NO3/c1-4-14(3)15-6-8-16(9-7-15)23-12-19(22)20-17-11-13(2)5-10-18(17)21/h5-11,14,21H,4,12H2,1-3H3,(H,20,22)/t14-/m1/s1. The lowest BCUT2D eigenvalue weighted by Crippen LogP contribution is -2.20. The topological polar surface area (TPSA) is 58.6 Å². The Labute approximate surface area is 137 Å². The Morgan fingerprint density at radius 3 is 2.57 bits per heavy atom. The highest BCUT2D eigenvalue weighted by Gasteiger charge is 2.08. The van der Waals surface area contributed by atoms with Gasteiger partial charge in [-0.15, -0.1) is 0 Å². The van der Waals surface area contributed by atoms with Crippen LogP contribution < -0.4 is 10.1 Å². The van der Waals surface area contributed by atoms with Crippen molar-refractivity contribution in [1.82, 2.24) is 0 Å². The molecule has 0 bridgehead atoms. The number of hydrogen-bond donors (Lipinski definition) is 2. The van der Waals surface area contributed by atoms with Crippen molar-refractivity contribution in [2.45, 2.75) is 33.1 Å². The van der Waals surface area contributed by atoms with Gasteiger partial charge in [-0.25, -0.2) is 0 Å². The molecule has 0 aromatic heterocycles. The number of hydrogen-bond acceptors (Lipinski definition) is 3. The summed E-state index contributed by atoms with van der Waals surface area (Å²) >= 11 is 0. The van der Waals surface area contributed by atoms with E-state index in [-0.39, 0.29) is 18.3 Å². The zero-order valence-corrected chi connectivity index (χ0v) is 13.8. The van der Waals surface area contributed by atoms with Gasteiger partial charge < -0.3 is 15.2 Å². The summed E-state index contributed by atoms with van der Waals surface area (Å²) in [6.45, 7) is 6.12. The third-order valence-corrected chi connectivity index (χ3v) is 3.86. The van der Waals surface area contributed by atoms with Crippen LogP contribution >= 0.6 is 0 Å². The quantitative estimate of drug-likeness (QED) is 0.785. The van der Waals surface area contributed by atoms with E-state index in [0.29, 0.717) is 17.4 Å². The molecule has 1 amide bonds. The third-order valence-electron chi connectivity index (χ3n) is 3.86. The molecule has 1 atom stereocenters. The van der Waals surface area contributed by atoms with Crippen LogP contribution in [0.2, 0.25) is 0 Å². The molecule has 0 unspecified atom stereocenters. The van der Waals surface area contributed by atoms with Gasteiger partial charge in [-0.3, -0.25) is 4.79 Å². The molecule has 23 heavy (non-hydrogen) atoms. The molecule has 0 saturated heterocycles. The average molecular weight is 313 g/mol. The first-order valence-electron chi connectivity index (χ1n) is 7.81. The summed E-state index contributed by atoms with van der Waals surface area (Å²) < 4.78 is 5.48. The second-order valence-electron chi connectivity index (χ2n) is 5.74. The second-order valence-corrected chi connectivity index (χ2v) is 5.74. The van der Waals surface area contributed by atoms with Crippen molar-refractivity contribution in [1.29, 1.82) is 0 Å². The van der Waals surface area contributed by atoms with Gasteiger partial charge in [0.15, 0.2) is 6.61 Å². The zero-order chi connectivity index (χ0) is 16.8. The molecule has 2 rings (SSSR count). The molecule has 4 heteroatoms. The van der Waals surface area contributed by atoms with Gasteiger partial charge in [-0.05, 0) is 54.7 Å². The fraction of sp³-hybridized carbons (Fsp3) is 0.316. The lowest BCUT2D eigenvalue weighted by molar-refractivity contribution is -0.118. The number of carbonyl (C=O) groups excluding carboxylic acids is 1. The largest absolute Gasteiger partial charge is 0.506 e. The Bertz CT molecular complexity index is 665. The second kappa shape index (κ2) is 7.68. The number of rotatable bonds is 6. The molecule has 0 heterocycles. The predicted octanol–water partition coefficient (Wildman–Crippen LogP) is 4.23. The molecule has 2 aromatic carbocycles. The normalized spacial score (nSPS) is 11.8. The molecule has 0 aliphatic carbocycles. The van der Waals surface area contributed by atoms with Crippen molar-refractivity contribution in [3.63, 3.8) is 0 Å². The summed E-state index contributed by atoms with van der Waals surface area (Å²) in [6, 6.07) is 12.8. The highest BCUT2D eigenvalue weighted by molar-refractivity contribution is 5.93. The van der Waals surface area contributed by atoms with Crippen LogP contribution in [0.1, 0.15) is 37.3 Å². The van der Waals surface area contributed by atoms with Gasteiger partial charge in [0.1, 0.15) is 11.5 Å². The average Bonchev–Trinajstić information content (AvgIpc) is 2.56. The monoisotopic (exact) mass is 313 g/mol. The number of carbonyl (C=O) groups is 1. The summed E-state index contributed by atoms with van der Waals surface area (Å²) in [6.07, 6.45) is 1.09. The first-order chi connectivity index (χ1) is 11.0. The Morgan fingerprint density at radius 1 is 1.22 bits per heavy atom. The highest BCUT2D eigenvalue weighted by atomic mass is 16.5. The summed E-state index contributed by atoms with van der Waals surface area (Å²) in [7, 11) is 0. The number of aromatic hydroxyl groups is 1. The van der Waals surface area contributed by atoms with Gasteiger partial charge in [-0.2, -0.15) is 0 Å². The minimum atomic E-state index is -0.308. The summed E-state index contributed by atoms with van der Waals surface area (Å²) in [5.74, 6) is 0.899. The number of anilines is 1. The Hall–Kier alpha value is -2.49. The van der Waals surface area contributed by atoms with E-state index < -0.39 is 0 Å². The molecule has 0 aliphatic heterocycles. The number of ether oxygens (including phenoxy) is 1. The molecule has 0 saturated carbocycles. The van der Waals surface area contributed by atoms with Crippen LogP contribution in [-0.4, -0.2) is 17.6 Å². The van der Waals surface area contributed by atoms with Gasteiger partial charge in [0.05, 0.1) is 5.69 Å². The maximum absolute atomic E-state index is 11.9. The van der Waals surface area contributed by atoms with Crippen LogP contribution in [0.5, 0.6) is 11.5 Å². The van der Waals surface area contributed by atoms with Crippen molar-refractivity contribution >= 4 is 11.6 Å². The van der Waals surface area contributed by atoms with E-state index in [1.54, 1.807) is 18.2 Å². The number of phenolic OH excluding ortho intramolecular Hbond substituents is 1. The van der Waals surface area contributed by atoms with Crippen LogP contribution in [0, 0.1) is 6.92 Å². The number of benzene rings is 2. The van der Waals surface area contributed by atoms with Gasteiger partial charge in [0, 0.05) is 0 Å². The van der Waals surface area contributed by atoms with E-state index in [0.717, 1.165) is 12.0 Å². The van der Waals surface area contributed by atoms with Gasteiger partial charge in [-0.1, -0.05) is 32.0 Å². The van der Waals surface area contributed by atoms with Gasteiger partial charge in [0.2, 0.25) is 0 Å². The van der Waals surface area contributed by atoms with E-state index in [1.807, 2.05) is 31.2 Å². The molecule has 0 aliphatic rings. The third kappa shape index (κ3) is 4.74. The van der Waals surface area contributed by atoms with Crippen LogP contribution in [0.3, 0.4) is 0 Å². The molecule has 0 fully saturated rings. The molecule has 4 nitrogen and oxygen atoms in total. The molecule has 2 N–H and O–H groups in total. The first-order valence-corrected chi connectivity index (χ1v) is 7.81. The van der Waals surface area contributed by atoms with Crippen LogP contribution in [0.15, 0.2) is 42.5 Å². The molecular formula is C19H23NO3. The highest BCUT2D eigenvalue weighted by Crippen LogP contribution is 2.24. The fourth-order valence-electron chi connectivity index (χ4n) is 2.21. The lowest BCUT2D eigenvalue weighted by atomic mass is 9.99. The smallest absolute Gasteiger partial charge is 0.262 e. The Balaban J connectivity index is 1.90. The number of aryl methyl sites for hydroxylation is 1. The Kier molecular flexibility index (Phi) is 5.63. The molecule has 122 valence electrons. The van der Waals surface area contributed by atoms with E-state index in [2.05, 4.69) is 19.2 Å². The van der Waals surface area contributed by atoms with E-state index in [1.165, 1.54) is 5.56 Å². The van der Waals surface area contributed by atoms with Crippen LogP contribution in [-0.2, 0) is 4.79 Å². The van der Waals surface area contributed by atoms with Crippen molar-refractivity contribution in [2.75, 3.05) is 11.9 Å². The van der Waals surface area contributed by atoms with Gasteiger partial charge >= 0.3 is 0 Å². The first kappa shape index (κ1) is 16.9. The SMILES string of the molecule is CC[C@@H](C)c1ccc(OCC(=O)Nc2cc(C)ccc2O)cc1.